The van der Waals surface area contributed by atoms with Crippen LogP contribution < -0.4 is 5.32 Å². The molecule has 1 aromatic rings. The molecule has 0 amide bonds. The summed E-state index contributed by atoms with van der Waals surface area (Å²) < 4.78 is 5.84. The molecule has 0 radical (unpaired) electrons. The highest BCUT2D eigenvalue weighted by Gasteiger charge is 2.59. The van der Waals surface area contributed by atoms with E-state index in [1.807, 2.05) is 18.2 Å². The van der Waals surface area contributed by atoms with Crippen LogP contribution in [0.2, 0.25) is 10.0 Å². The lowest BCUT2D eigenvalue weighted by molar-refractivity contribution is -0.115. The Balaban J connectivity index is 1.72. The van der Waals surface area contributed by atoms with Gasteiger partial charge in [0.2, 0.25) is 0 Å². The van der Waals surface area contributed by atoms with Crippen molar-refractivity contribution in [3.63, 3.8) is 0 Å². The monoisotopic (exact) mass is 313 g/mol. The number of hydrogen-bond donors (Lipinski definition) is 1. The van der Waals surface area contributed by atoms with Gasteiger partial charge in [0, 0.05) is 30.0 Å². The van der Waals surface area contributed by atoms with E-state index >= 15 is 0 Å². The van der Waals surface area contributed by atoms with E-state index in [2.05, 4.69) is 26.1 Å². The van der Waals surface area contributed by atoms with Crippen molar-refractivity contribution in [1.82, 2.24) is 5.32 Å². The predicted octanol–water partition coefficient (Wildman–Crippen LogP) is 4.46. The van der Waals surface area contributed by atoms with Crippen molar-refractivity contribution in [3.05, 3.63) is 33.8 Å². The summed E-state index contributed by atoms with van der Waals surface area (Å²) in [6.45, 7) is 7.66. The van der Waals surface area contributed by atoms with E-state index in [0.29, 0.717) is 28.1 Å². The van der Waals surface area contributed by atoms with Crippen molar-refractivity contribution in [3.8, 4) is 0 Å². The molecule has 2 nitrogen and oxygen atoms in total. The zero-order valence-corrected chi connectivity index (χ0v) is 13.6. The fraction of sp³-hybridized carbons (Fsp3) is 0.625. The average molecular weight is 314 g/mol. The van der Waals surface area contributed by atoms with E-state index in [0.717, 1.165) is 6.61 Å². The summed E-state index contributed by atoms with van der Waals surface area (Å²) in [5.41, 5.74) is 1.38. The normalized spacial score (nSPS) is 32.5. The molecule has 1 aromatic carbocycles. The molecule has 110 valence electrons. The second-order valence-electron chi connectivity index (χ2n) is 6.60. The lowest BCUT2D eigenvalue weighted by atomic mass is 9.57. The van der Waals surface area contributed by atoms with Gasteiger partial charge in [-0.2, -0.15) is 0 Å². The Hall–Kier alpha value is -0.280. The summed E-state index contributed by atoms with van der Waals surface area (Å²) in [5.74, 6) is 0.648. The molecule has 1 saturated heterocycles. The third kappa shape index (κ3) is 2.27. The molecule has 1 heterocycles. The number of benzene rings is 1. The van der Waals surface area contributed by atoms with Crippen molar-refractivity contribution >= 4 is 23.2 Å². The second-order valence-corrected chi connectivity index (χ2v) is 7.42. The van der Waals surface area contributed by atoms with Crippen LogP contribution in [0.4, 0.5) is 0 Å². The first-order valence-electron chi connectivity index (χ1n) is 7.24. The minimum Gasteiger partial charge on any atom is -0.377 e. The van der Waals surface area contributed by atoms with Gasteiger partial charge >= 0.3 is 0 Å². The van der Waals surface area contributed by atoms with E-state index < -0.39 is 0 Å². The molecule has 2 fully saturated rings. The quantitative estimate of drug-likeness (QED) is 0.889. The van der Waals surface area contributed by atoms with Crippen LogP contribution >= 0.6 is 23.2 Å². The third-order valence-corrected chi connectivity index (χ3v) is 5.71. The van der Waals surface area contributed by atoms with E-state index in [1.165, 1.54) is 12.0 Å². The molecular weight excluding hydrogens is 293 g/mol. The zero-order chi connectivity index (χ0) is 14.5. The van der Waals surface area contributed by atoms with E-state index in [4.69, 9.17) is 27.9 Å². The maximum absolute atomic E-state index is 6.11. The highest BCUT2D eigenvalue weighted by molar-refractivity contribution is 6.42. The Morgan fingerprint density at radius 2 is 2.05 bits per heavy atom. The molecule has 1 N–H and O–H groups in total. The number of hydrogen-bond acceptors (Lipinski definition) is 2. The second kappa shape index (κ2) is 5.17. The number of nitrogens with one attached hydrogen (secondary N) is 1. The minimum absolute atomic E-state index is 0.200. The summed E-state index contributed by atoms with van der Waals surface area (Å²) in [5, 5.41) is 4.98. The van der Waals surface area contributed by atoms with Gasteiger partial charge in [0.05, 0.1) is 16.1 Å². The van der Waals surface area contributed by atoms with Crippen molar-refractivity contribution < 1.29 is 4.74 Å². The standard InChI is InChI=1S/C16H21Cl2NO/c1-9(10-4-5-12(17)13(18)8-10)19-14-11-6-7-20-15(11)16(14,2)3/h4-5,8-9,11,14-15,19H,6-7H2,1-3H3. The largest absolute Gasteiger partial charge is 0.377 e. The molecule has 1 saturated carbocycles. The van der Waals surface area contributed by atoms with Crippen LogP contribution in [-0.4, -0.2) is 18.8 Å². The topological polar surface area (TPSA) is 21.3 Å². The van der Waals surface area contributed by atoms with Crippen LogP contribution in [0.3, 0.4) is 0 Å². The molecule has 1 aliphatic carbocycles. The van der Waals surface area contributed by atoms with Gasteiger partial charge < -0.3 is 10.1 Å². The Kier molecular flexibility index (Phi) is 3.79. The molecule has 3 rings (SSSR count). The van der Waals surface area contributed by atoms with Crippen LogP contribution in [0.15, 0.2) is 18.2 Å². The molecule has 1 aliphatic heterocycles. The average Bonchev–Trinajstić information content (AvgIpc) is 2.85. The van der Waals surface area contributed by atoms with E-state index in [1.54, 1.807) is 0 Å². The van der Waals surface area contributed by atoms with Crippen molar-refractivity contribution in [1.29, 1.82) is 0 Å². The summed E-state index contributed by atoms with van der Waals surface area (Å²) in [4.78, 5) is 0. The van der Waals surface area contributed by atoms with Crippen LogP contribution in [0, 0.1) is 11.3 Å². The van der Waals surface area contributed by atoms with E-state index in [-0.39, 0.29) is 11.5 Å². The molecule has 0 bridgehead atoms. The Labute approximate surface area is 130 Å². The molecule has 4 atom stereocenters. The van der Waals surface area contributed by atoms with Crippen LogP contribution in [0.1, 0.15) is 38.8 Å². The first kappa shape index (κ1) is 14.6. The van der Waals surface area contributed by atoms with Gasteiger partial charge in [-0.05, 0) is 31.0 Å². The lowest BCUT2D eigenvalue weighted by Crippen LogP contribution is -2.66. The Morgan fingerprint density at radius 1 is 1.30 bits per heavy atom. The van der Waals surface area contributed by atoms with Gasteiger partial charge in [0.1, 0.15) is 0 Å². The smallest absolute Gasteiger partial charge is 0.0685 e. The number of fused-ring (bicyclic) bond motifs is 1. The van der Waals surface area contributed by atoms with Gasteiger partial charge in [-0.3, -0.25) is 0 Å². The Bertz CT molecular complexity index is 517. The summed E-state index contributed by atoms with van der Waals surface area (Å²) in [6.07, 6.45) is 1.58. The highest BCUT2D eigenvalue weighted by Crippen LogP contribution is 2.52. The fourth-order valence-electron chi connectivity index (χ4n) is 3.81. The predicted molar refractivity (Wildman–Crippen MR) is 83.4 cm³/mol. The van der Waals surface area contributed by atoms with Crippen LogP contribution in [0.25, 0.3) is 0 Å². The fourth-order valence-corrected chi connectivity index (χ4v) is 4.12. The molecule has 0 spiro atoms. The molecule has 2 aliphatic rings. The highest BCUT2D eigenvalue weighted by atomic mass is 35.5. The van der Waals surface area contributed by atoms with Gasteiger partial charge in [0.25, 0.3) is 0 Å². The summed E-state index contributed by atoms with van der Waals surface area (Å²) in [7, 11) is 0. The van der Waals surface area contributed by atoms with Crippen molar-refractivity contribution in [2.24, 2.45) is 11.3 Å². The molecule has 20 heavy (non-hydrogen) atoms. The van der Waals surface area contributed by atoms with Gasteiger partial charge in [0.15, 0.2) is 0 Å². The first-order valence-corrected chi connectivity index (χ1v) is 7.99. The SMILES string of the molecule is CC(NC1C2CCOC2C1(C)C)c1ccc(Cl)c(Cl)c1. The van der Waals surface area contributed by atoms with Crippen LogP contribution in [0.5, 0.6) is 0 Å². The lowest BCUT2D eigenvalue weighted by Gasteiger charge is -2.55. The summed E-state index contributed by atoms with van der Waals surface area (Å²) in [6, 6.07) is 6.62. The number of rotatable bonds is 3. The van der Waals surface area contributed by atoms with E-state index in [9.17, 15) is 0 Å². The maximum atomic E-state index is 6.11. The van der Waals surface area contributed by atoms with Crippen molar-refractivity contribution in [2.75, 3.05) is 6.61 Å². The number of ether oxygens (including phenoxy) is 1. The van der Waals surface area contributed by atoms with Crippen molar-refractivity contribution in [2.45, 2.75) is 45.4 Å². The van der Waals surface area contributed by atoms with Gasteiger partial charge in [-0.25, -0.2) is 0 Å². The first-order chi connectivity index (χ1) is 9.41. The Morgan fingerprint density at radius 3 is 2.75 bits per heavy atom. The van der Waals surface area contributed by atoms with Gasteiger partial charge in [-0.1, -0.05) is 43.1 Å². The zero-order valence-electron chi connectivity index (χ0n) is 12.1. The molecule has 4 unspecified atom stereocenters. The third-order valence-electron chi connectivity index (χ3n) is 4.97. The minimum atomic E-state index is 0.200. The van der Waals surface area contributed by atoms with Crippen LogP contribution in [-0.2, 0) is 4.74 Å². The van der Waals surface area contributed by atoms with Gasteiger partial charge in [-0.15, -0.1) is 0 Å². The number of halogens is 2. The maximum Gasteiger partial charge on any atom is 0.0685 e. The molecule has 4 heteroatoms. The molecule has 0 aromatic heterocycles. The molecular formula is C16H21Cl2NO. The summed E-state index contributed by atoms with van der Waals surface area (Å²) >= 11 is 12.1.